The van der Waals surface area contributed by atoms with Crippen molar-refractivity contribution in [3.05, 3.63) is 23.5 Å². The first-order valence-corrected chi connectivity index (χ1v) is 7.91. The van der Waals surface area contributed by atoms with Crippen LogP contribution in [0, 0.1) is 11.3 Å². The van der Waals surface area contributed by atoms with Gasteiger partial charge in [-0.25, -0.2) is 0 Å². The van der Waals surface area contributed by atoms with Gasteiger partial charge in [-0.1, -0.05) is 33.1 Å². The molecule has 1 N–H and O–H groups in total. The molecule has 0 saturated heterocycles. The number of aromatic nitrogens is 1. The highest BCUT2D eigenvalue weighted by Crippen LogP contribution is 2.41. The summed E-state index contributed by atoms with van der Waals surface area (Å²) in [5.41, 5.74) is 2.82. The maximum absolute atomic E-state index is 10.3. The Balaban J connectivity index is 1.80. The van der Waals surface area contributed by atoms with Crippen LogP contribution < -0.4 is 0 Å². The van der Waals surface area contributed by atoms with Gasteiger partial charge >= 0.3 is 0 Å². The monoisotopic (exact) mass is 261 g/mol. The summed E-state index contributed by atoms with van der Waals surface area (Å²) in [6.07, 6.45) is 11.0. The van der Waals surface area contributed by atoms with Gasteiger partial charge < -0.3 is 9.67 Å². The van der Waals surface area contributed by atoms with Gasteiger partial charge in [0.05, 0.1) is 6.10 Å². The lowest BCUT2D eigenvalue weighted by molar-refractivity contribution is 0.0975. The largest absolute Gasteiger partial charge is 0.388 e. The van der Waals surface area contributed by atoms with Gasteiger partial charge in [0.2, 0.25) is 0 Å². The second-order valence-electron chi connectivity index (χ2n) is 7.44. The average molecular weight is 261 g/mol. The molecule has 3 rings (SSSR count). The first-order chi connectivity index (χ1) is 9.05. The van der Waals surface area contributed by atoms with E-state index in [0.717, 1.165) is 25.3 Å². The molecule has 2 nitrogen and oxygen atoms in total. The maximum Gasteiger partial charge on any atom is 0.0812 e. The Morgan fingerprint density at radius 1 is 1.26 bits per heavy atom. The van der Waals surface area contributed by atoms with E-state index in [1.165, 1.54) is 43.4 Å². The zero-order valence-corrected chi connectivity index (χ0v) is 12.4. The van der Waals surface area contributed by atoms with Crippen molar-refractivity contribution in [2.24, 2.45) is 11.3 Å². The summed E-state index contributed by atoms with van der Waals surface area (Å²) in [6.45, 7) is 5.71. The van der Waals surface area contributed by atoms with Gasteiger partial charge in [0.15, 0.2) is 0 Å². The summed E-state index contributed by atoms with van der Waals surface area (Å²) in [5.74, 6) is 0.854. The van der Waals surface area contributed by atoms with Crippen LogP contribution in [-0.2, 0) is 13.0 Å². The number of aliphatic hydroxyl groups excluding tert-OH is 1. The predicted molar refractivity (Wildman–Crippen MR) is 78.1 cm³/mol. The van der Waals surface area contributed by atoms with Gasteiger partial charge in [-0.2, -0.15) is 0 Å². The molecule has 2 aliphatic rings. The quantitative estimate of drug-likeness (QED) is 0.853. The average Bonchev–Trinajstić information content (AvgIpc) is 2.72. The Morgan fingerprint density at radius 2 is 2.00 bits per heavy atom. The van der Waals surface area contributed by atoms with E-state index in [1.54, 1.807) is 0 Å². The molecule has 19 heavy (non-hydrogen) atoms. The van der Waals surface area contributed by atoms with Gasteiger partial charge in [0.1, 0.15) is 0 Å². The van der Waals surface area contributed by atoms with E-state index < -0.39 is 0 Å². The van der Waals surface area contributed by atoms with E-state index in [2.05, 4.69) is 30.7 Å². The molecule has 1 aromatic heterocycles. The Labute approximate surface area is 116 Å². The van der Waals surface area contributed by atoms with Gasteiger partial charge in [0, 0.05) is 24.0 Å². The molecule has 106 valence electrons. The van der Waals surface area contributed by atoms with Crippen LogP contribution in [-0.4, -0.2) is 9.67 Å². The summed E-state index contributed by atoms with van der Waals surface area (Å²) < 4.78 is 2.44. The van der Waals surface area contributed by atoms with Crippen molar-refractivity contribution in [1.29, 1.82) is 0 Å². The van der Waals surface area contributed by atoms with Crippen molar-refractivity contribution in [3.63, 3.8) is 0 Å². The third kappa shape index (κ3) is 2.74. The molecule has 1 fully saturated rings. The van der Waals surface area contributed by atoms with Crippen LogP contribution >= 0.6 is 0 Å². The maximum atomic E-state index is 10.3. The molecular weight excluding hydrogens is 234 g/mol. The van der Waals surface area contributed by atoms with E-state index in [0.29, 0.717) is 0 Å². The smallest absolute Gasteiger partial charge is 0.0812 e. The van der Waals surface area contributed by atoms with Gasteiger partial charge in [-0.3, -0.25) is 0 Å². The second-order valence-corrected chi connectivity index (χ2v) is 7.44. The fourth-order valence-corrected chi connectivity index (χ4v) is 4.01. The molecule has 2 heteroatoms. The molecule has 0 aliphatic heterocycles. The van der Waals surface area contributed by atoms with Gasteiger partial charge in [0.25, 0.3) is 0 Å². The minimum atomic E-state index is -0.258. The SMILES string of the molecule is CC1(C)Cc2c(ccn2CC2CCCCC2)C(O)C1. The van der Waals surface area contributed by atoms with Gasteiger partial charge in [-0.05, 0) is 43.1 Å². The molecule has 1 aromatic rings. The summed E-state index contributed by atoms with van der Waals surface area (Å²) in [5, 5.41) is 10.3. The zero-order chi connectivity index (χ0) is 13.5. The van der Waals surface area contributed by atoms with E-state index in [4.69, 9.17) is 0 Å². The molecule has 1 heterocycles. The molecule has 0 bridgehead atoms. The lowest BCUT2D eigenvalue weighted by Gasteiger charge is -2.34. The highest BCUT2D eigenvalue weighted by Gasteiger charge is 2.33. The topological polar surface area (TPSA) is 25.2 Å². The minimum absolute atomic E-state index is 0.231. The highest BCUT2D eigenvalue weighted by molar-refractivity contribution is 5.29. The van der Waals surface area contributed by atoms with Crippen molar-refractivity contribution >= 4 is 0 Å². The summed E-state index contributed by atoms with van der Waals surface area (Å²) in [6, 6.07) is 2.15. The van der Waals surface area contributed by atoms with Crippen molar-refractivity contribution < 1.29 is 5.11 Å². The molecule has 1 saturated carbocycles. The van der Waals surface area contributed by atoms with E-state index in [-0.39, 0.29) is 11.5 Å². The first kappa shape index (κ1) is 13.2. The van der Waals surface area contributed by atoms with Crippen molar-refractivity contribution in [1.82, 2.24) is 4.57 Å². The lowest BCUT2D eigenvalue weighted by atomic mass is 9.75. The molecular formula is C17H27NO. The van der Waals surface area contributed by atoms with E-state index in [9.17, 15) is 5.11 Å². The molecule has 1 atom stereocenters. The van der Waals surface area contributed by atoms with Crippen LogP contribution in [0.1, 0.15) is 69.7 Å². The summed E-state index contributed by atoms with van der Waals surface area (Å²) in [7, 11) is 0. The summed E-state index contributed by atoms with van der Waals surface area (Å²) in [4.78, 5) is 0. The molecule has 0 radical (unpaired) electrons. The number of aliphatic hydroxyl groups is 1. The van der Waals surface area contributed by atoms with Crippen LogP contribution in [0.2, 0.25) is 0 Å². The number of rotatable bonds is 2. The molecule has 2 aliphatic carbocycles. The number of fused-ring (bicyclic) bond motifs is 1. The van der Waals surface area contributed by atoms with Crippen LogP contribution in [0.25, 0.3) is 0 Å². The fraction of sp³-hybridized carbons (Fsp3) is 0.765. The fourth-order valence-electron chi connectivity index (χ4n) is 4.01. The van der Waals surface area contributed by atoms with Crippen molar-refractivity contribution in [3.8, 4) is 0 Å². The number of hydrogen-bond donors (Lipinski definition) is 1. The minimum Gasteiger partial charge on any atom is -0.388 e. The van der Waals surface area contributed by atoms with Crippen molar-refractivity contribution in [2.45, 2.75) is 71.4 Å². The normalized spacial score (nSPS) is 27.2. The Morgan fingerprint density at radius 3 is 2.74 bits per heavy atom. The molecule has 0 amide bonds. The standard InChI is InChI=1S/C17H27NO/c1-17(2)10-15-14(16(19)11-17)8-9-18(15)12-13-6-4-3-5-7-13/h8-9,13,16,19H,3-7,10-12H2,1-2H3. The number of nitrogens with zero attached hydrogens (tertiary/aromatic N) is 1. The van der Waals surface area contributed by atoms with E-state index >= 15 is 0 Å². The van der Waals surface area contributed by atoms with Crippen LogP contribution in [0.3, 0.4) is 0 Å². The van der Waals surface area contributed by atoms with Crippen LogP contribution in [0.15, 0.2) is 12.3 Å². The van der Waals surface area contributed by atoms with E-state index in [1.807, 2.05) is 0 Å². The molecule has 1 unspecified atom stereocenters. The van der Waals surface area contributed by atoms with Crippen LogP contribution in [0.5, 0.6) is 0 Å². The Bertz CT molecular complexity index is 440. The zero-order valence-electron chi connectivity index (χ0n) is 12.4. The third-order valence-electron chi connectivity index (χ3n) is 5.04. The summed E-state index contributed by atoms with van der Waals surface area (Å²) >= 11 is 0. The predicted octanol–water partition coefficient (Wildman–Crippen LogP) is 4.07. The second kappa shape index (κ2) is 4.97. The Kier molecular flexibility index (Phi) is 3.46. The van der Waals surface area contributed by atoms with Crippen LogP contribution in [0.4, 0.5) is 0 Å². The number of hydrogen-bond acceptors (Lipinski definition) is 1. The first-order valence-electron chi connectivity index (χ1n) is 7.91. The van der Waals surface area contributed by atoms with Gasteiger partial charge in [-0.15, -0.1) is 0 Å². The molecule has 0 aromatic carbocycles. The Hall–Kier alpha value is -0.760. The highest BCUT2D eigenvalue weighted by atomic mass is 16.3. The third-order valence-corrected chi connectivity index (χ3v) is 5.04. The molecule has 0 spiro atoms. The lowest BCUT2D eigenvalue weighted by Crippen LogP contribution is -2.27. The van der Waals surface area contributed by atoms with Crippen molar-refractivity contribution in [2.75, 3.05) is 0 Å².